The molecule has 0 fully saturated rings. The maximum atomic E-state index is 13.5. The summed E-state index contributed by atoms with van der Waals surface area (Å²) in [4.78, 5) is 40.7. The molecule has 0 saturated carbocycles. The number of nitrogens with one attached hydrogen (secondary N) is 2. The van der Waals surface area contributed by atoms with E-state index < -0.39 is 11.4 Å². The first-order valence-electron chi connectivity index (χ1n) is 9.71. The smallest absolute Gasteiger partial charge is 0.259 e. The molecule has 4 rings (SSSR count). The van der Waals surface area contributed by atoms with E-state index in [0.29, 0.717) is 22.4 Å². The van der Waals surface area contributed by atoms with E-state index in [1.165, 1.54) is 4.90 Å². The number of halogens is 1. The highest BCUT2D eigenvalue weighted by molar-refractivity contribution is 9.10. The lowest BCUT2D eigenvalue weighted by Crippen LogP contribution is -2.58. The highest BCUT2D eigenvalue weighted by atomic mass is 79.9. The summed E-state index contributed by atoms with van der Waals surface area (Å²) in [6, 6.07) is 22.9. The molecule has 3 aromatic carbocycles. The van der Waals surface area contributed by atoms with Crippen LogP contribution < -0.4 is 15.5 Å². The van der Waals surface area contributed by atoms with Crippen molar-refractivity contribution in [2.45, 2.75) is 5.54 Å². The van der Waals surface area contributed by atoms with Gasteiger partial charge < -0.3 is 15.5 Å². The van der Waals surface area contributed by atoms with Crippen LogP contribution in [0.25, 0.3) is 0 Å². The molecule has 0 aromatic heterocycles. The lowest BCUT2D eigenvalue weighted by molar-refractivity contribution is -0.123. The fourth-order valence-electron chi connectivity index (χ4n) is 3.75. The van der Waals surface area contributed by atoms with Crippen molar-refractivity contribution in [3.63, 3.8) is 0 Å². The van der Waals surface area contributed by atoms with E-state index in [1.807, 2.05) is 24.3 Å². The van der Waals surface area contributed by atoms with Gasteiger partial charge in [-0.2, -0.15) is 0 Å². The second-order valence-corrected chi connectivity index (χ2v) is 8.22. The van der Waals surface area contributed by atoms with Crippen LogP contribution in [0.5, 0.6) is 0 Å². The molecule has 2 N–H and O–H groups in total. The molecule has 6 nitrogen and oxygen atoms in total. The van der Waals surface area contributed by atoms with Crippen molar-refractivity contribution in [2.75, 3.05) is 18.5 Å². The molecule has 1 heterocycles. The van der Waals surface area contributed by atoms with Crippen LogP contribution in [0.4, 0.5) is 5.69 Å². The van der Waals surface area contributed by atoms with E-state index in [2.05, 4.69) is 26.6 Å². The number of likely N-dealkylation sites (N-methyl/N-ethyl adjacent to an activating group) is 1. The highest BCUT2D eigenvalue weighted by Gasteiger charge is 2.51. The third-order valence-electron chi connectivity index (χ3n) is 5.36. The summed E-state index contributed by atoms with van der Waals surface area (Å²) in [5.41, 5.74) is 0.753. The number of hydrogen-bond acceptors (Lipinski definition) is 3. The van der Waals surface area contributed by atoms with Crippen LogP contribution in [0.3, 0.4) is 0 Å². The average Bonchev–Trinajstić information content (AvgIpc) is 3.00. The minimum Gasteiger partial charge on any atom is -0.349 e. The molecular weight excluding hydrogens is 458 g/mol. The van der Waals surface area contributed by atoms with E-state index in [4.69, 9.17) is 0 Å². The van der Waals surface area contributed by atoms with Gasteiger partial charge in [0, 0.05) is 33.9 Å². The SMILES string of the molecule is CN1C(=O)C(CNC(=O)c2ccccc2)(NC(=O)c2ccccc2)c2cc(Br)ccc21. The first kappa shape index (κ1) is 20.8. The van der Waals surface area contributed by atoms with Gasteiger partial charge in [-0.15, -0.1) is 0 Å². The molecule has 0 aliphatic carbocycles. The standard InChI is InChI=1S/C24H20BrN3O3/c1-28-20-13-12-18(25)14-19(20)24(23(28)31,27-22(30)17-10-6-3-7-11-17)15-26-21(29)16-8-4-2-5-9-16/h2-14H,15H2,1H3,(H,26,29)(H,27,30). The van der Waals surface area contributed by atoms with E-state index in [9.17, 15) is 14.4 Å². The number of rotatable bonds is 5. The zero-order valence-electron chi connectivity index (χ0n) is 16.8. The molecule has 156 valence electrons. The number of anilines is 1. The number of benzene rings is 3. The van der Waals surface area contributed by atoms with Crippen molar-refractivity contribution < 1.29 is 14.4 Å². The van der Waals surface area contributed by atoms with Gasteiger partial charge in [-0.25, -0.2) is 0 Å². The monoisotopic (exact) mass is 477 g/mol. The largest absolute Gasteiger partial charge is 0.349 e. The van der Waals surface area contributed by atoms with Crippen LogP contribution in [-0.2, 0) is 10.3 Å². The Hall–Kier alpha value is -3.45. The Labute approximate surface area is 188 Å². The highest BCUT2D eigenvalue weighted by Crippen LogP contribution is 2.41. The lowest BCUT2D eigenvalue weighted by atomic mass is 9.90. The van der Waals surface area contributed by atoms with Crippen LogP contribution in [0.1, 0.15) is 26.3 Å². The van der Waals surface area contributed by atoms with Gasteiger partial charge in [0.1, 0.15) is 0 Å². The lowest BCUT2D eigenvalue weighted by Gasteiger charge is -2.30. The van der Waals surface area contributed by atoms with Gasteiger partial charge in [0.2, 0.25) is 0 Å². The molecule has 0 radical (unpaired) electrons. The summed E-state index contributed by atoms with van der Waals surface area (Å²) in [6.45, 7) is -0.0913. The van der Waals surface area contributed by atoms with Crippen molar-refractivity contribution in [3.8, 4) is 0 Å². The normalized spacial score (nSPS) is 17.2. The second kappa shape index (κ2) is 8.35. The van der Waals surface area contributed by atoms with Crippen molar-refractivity contribution in [1.29, 1.82) is 0 Å². The molecule has 7 heteroatoms. The molecule has 0 bridgehead atoms. The zero-order valence-corrected chi connectivity index (χ0v) is 18.3. The summed E-state index contributed by atoms with van der Waals surface area (Å²) in [5.74, 6) is -1.05. The van der Waals surface area contributed by atoms with Crippen LogP contribution in [0.15, 0.2) is 83.3 Å². The second-order valence-electron chi connectivity index (χ2n) is 7.30. The predicted molar refractivity (Wildman–Crippen MR) is 122 cm³/mol. The summed E-state index contributed by atoms with van der Waals surface area (Å²) in [7, 11) is 1.66. The number of hydrogen-bond donors (Lipinski definition) is 2. The molecular formula is C24H20BrN3O3. The van der Waals surface area contributed by atoms with Crippen molar-refractivity contribution in [3.05, 3.63) is 100 Å². The first-order chi connectivity index (χ1) is 14.9. The average molecular weight is 478 g/mol. The maximum Gasteiger partial charge on any atom is 0.259 e. The van der Waals surface area contributed by atoms with Gasteiger partial charge in [-0.05, 0) is 42.5 Å². The Morgan fingerprint density at radius 2 is 1.48 bits per heavy atom. The Morgan fingerprint density at radius 3 is 2.10 bits per heavy atom. The molecule has 0 spiro atoms. The van der Waals surface area contributed by atoms with E-state index in [-0.39, 0.29) is 18.4 Å². The van der Waals surface area contributed by atoms with Crippen molar-refractivity contribution in [2.24, 2.45) is 0 Å². The van der Waals surface area contributed by atoms with Crippen molar-refractivity contribution >= 4 is 39.3 Å². The molecule has 3 aromatic rings. The molecule has 1 unspecified atom stereocenters. The molecule has 1 aliphatic rings. The van der Waals surface area contributed by atoms with Gasteiger partial charge >= 0.3 is 0 Å². The Balaban J connectivity index is 1.73. The quantitative estimate of drug-likeness (QED) is 0.590. The summed E-state index contributed by atoms with van der Waals surface area (Å²) >= 11 is 3.45. The minimum absolute atomic E-state index is 0.0913. The van der Waals surface area contributed by atoms with Gasteiger partial charge in [0.15, 0.2) is 5.54 Å². The molecule has 1 atom stereocenters. The van der Waals surface area contributed by atoms with Crippen molar-refractivity contribution in [1.82, 2.24) is 10.6 Å². The number of fused-ring (bicyclic) bond motifs is 1. The van der Waals surface area contributed by atoms with Crippen LogP contribution in [-0.4, -0.2) is 31.3 Å². The van der Waals surface area contributed by atoms with E-state index in [0.717, 1.165) is 4.47 Å². The third kappa shape index (κ3) is 3.84. The van der Waals surface area contributed by atoms with Gasteiger partial charge in [0.25, 0.3) is 17.7 Å². The summed E-state index contributed by atoms with van der Waals surface area (Å²) in [5, 5.41) is 5.75. The van der Waals surface area contributed by atoms with Crippen LogP contribution in [0, 0.1) is 0 Å². The van der Waals surface area contributed by atoms with Crippen LogP contribution in [0.2, 0.25) is 0 Å². The van der Waals surface area contributed by atoms with E-state index >= 15 is 0 Å². The number of carbonyl (C=O) groups is 3. The fourth-order valence-corrected chi connectivity index (χ4v) is 4.11. The molecule has 3 amide bonds. The number of nitrogens with zero attached hydrogens (tertiary/aromatic N) is 1. The topological polar surface area (TPSA) is 78.5 Å². The van der Waals surface area contributed by atoms with Gasteiger partial charge in [-0.3, -0.25) is 14.4 Å². The van der Waals surface area contributed by atoms with Gasteiger partial charge in [-0.1, -0.05) is 52.3 Å². The Bertz CT molecular complexity index is 1150. The maximum absolute atomic E-state index is 13.5. The first-order valence-corrected chi connectivity index (χ1v) is 10.5. The zero-order chi connectivity index (χ0) is 22.0. The third-order valence-corrected chi connectivity index (χ3v) is 5.86. The fraction of sp³-hybridized carbons (Fsp3) is 0.125. The number of carbonyl (C=O) groups excluding carboxylic acids is 3. The molecule has 1 aliphatic heterocycles. The Kier molecular flexibility index (Phi) is 5.61. The Morgan fingerprint density at radius 1 is 0.903 bits per heavy atom. The van der Waals surface area contributed by atoms with Crippen LogP contribution >= 0.6 is 15.9 Å². The van der Waals surface area contributed by atoms with E-state index in [1.54, 1.807) is 61.6 Å². The minimum atomic E-state index is -1.44. The predicted octanol–water partition coefficient (Wildman–Crippen LogP) is 3.48. The summed E-state index contributed by atoms with van der Waals surface area (Å²) in [6.07, 6.45) is 0. The van der Waals surface area contributed by atoms with Gasteiger partial charge in [0.05, 0.1) is 6.54 Å². The number of amides is 3. The summed E-state index contributed by atoms with van der Waals surface area (Å²) < 4.78 is 0.766. The molecule has 0 saturated heterocycles. The molecule has 31 heavy (non-hydrogen) atoms.